The van der Waals surface area contributed by atoms with E-state index < -0.39 is 11.7 Å². The van der Waals surface area contributed by atoms with Gasteiger partial charge in [0.25, 0.3) is 0 Å². The third-order valence-corrected chi connectivity index (χ3v) is 2.92. The molecule has 0 radical (unpaired) electrons. The molecule has 2 N–H and O–H groups in total. The zero-order chi connectivity index (χ0) is 16.2. The van der Waals surface area contributed by atoms with Gasteiger partial charge in [-0.3, -0.25) is 10.3 Å². The van der Waals surface area contributed by atoms with E-state index in [9.17, 15) is 9.90 Å². The van der Waals surface area contributed by atoms with Crippen molar-refractivity contribution in [1.29, 1.82) is 0 Å². The Morgan fingerprint density at radius 1 is 1.23 bits per heavy atom. The smallest absolute Gasteiger partial charge is 0.412 e. The van der Waals surface area contributed by atoms with Gasteiger partial charge in [-0.25, -0.2) is 4.79 Å². The molecule has 2 rings (SSSR count). The SMILES string of the molecule is CC(C)(C)OC(=O)Nc1ccc(-c2ccncc2CO)cc1. The summed E-state index contributed by atoms with van der Waals surface area (Å²) in [5.74, 6) is 0. The largest absolute Gasteiger partial charge is 0.444 e. The van der Waals surface area contributed by atoms with Crippen molar-refractivity contribution in [3.8, 4) is 11.1 Å². The topological polar surface area (TPSA) is 71.5 Å². The highest BCUT2D eigenvalue weighted by Gasteiger charge is 2.16. The number of aromatic nitrogens is 1. The Balaban J connectivity index is 2.12. The fourth-order valence-electron chi connectivity index (χ4n) is 1.99. The van der Waals surface area contributed by atoms with Crippen LogP contribution in [0.1, 0.15) is 26.3 Å². The van der Waals surface area contributed by atoms with Crippen LogP contribution in [0, 0.1) is 0 Å². The Hall–Kier alpha value is -2.40. The molecule has 0 aliphatic carbocycles. The number of nitrogens with one attached hydrogen (secondary N) is 1. The first kappa shape index (κ1) is 16.0. The molecule has 0 spiro atoms. The second kappa shape index (κ2) is 6.58. The second-order valence-corrected chi connectivity index (χ2v) is 5.90. The van der Waals surface area contributed by atoms with Crippen LogP contribution in [-0.2, 0) is 11.3 Å². The van der Waals surface area contributed by atoms with Crippen LogP contribution in [0.15, 0.2) is 42.7 Å². The molecule has 0 atom stereocenters. The number of nitrogens with zero attached hydrogens (tertiary/aromatic N) is 1. The summed E-state index contributed by atoms with van der Waals surface area (Å²) in [6.07, 6.45) is 2.84. The summed E-state index contributed by atoms with van der Waals surface area (Å²) >= 11 is 0. The molecule has 0 saturated heterocycles. The van der Waals surface area contributed by atoms with Gasteiger partial charge in [-0.05, 0) is 50.1 Å². The van der Waals surface area contributed by atoms with Crippen LogP contribution in [0.2, 0.25) is 0 Å². The highest BCUT2D eigenvalue weighted by atomic mass is 16.6. The van der Waals surface area contributed by atoms with Crippen LogP contribution in [0.25, 0.3) is 11.1 Å². The highest BCUT2D eigenvalue weighted by Crippen LogP contribution is 2.24. The van der Waals surface area contributed by atoms with E-state index in [0.717, 1.165) is 16.7 Å². The Kier molecular flexibility index (Phi) is 4.78. The quantitative estimate of drug-likeness (QED) is 0.908. The number of anilines is 1. The van der Waals surface area contributed by atoms with E-state index in [1.807, 2.05) is 39.0 Å². The maximum absolute atomic E-state index is 11.7. The lowest BCUT2D eigenvalue weighted by Gasteiger charge is -2.19. The van der Waals surface area contributed by atoms with E-state index in [-0.39, 0.29) is 6.61 Å². The summed E-state index contributed by atoms with van der Waals surface area (Å²) in [5, 5.41) is 12.0. The molecule has 5 nitrogen and oxygen atoms in total. The normalized spacial score (nSPS) is 11.1. The summed E-state index contributed by atoms with van der Waals surface area (Å²) in [6.45, 7) is 5.38. The first-order chi connectivity index (χ1) is 10.4. The number of ether oxygens (including phenoxy) is 1. The molecule has 0 bridgehead atoms. The molecule has 116 valence electrons. The van der Waals surface area contributed by atoms with Crippen molar-refractivity contribution in [2.45, 2.75) is 33.0 Å². The molecule has 1 aromatic heterocycles. The van der Waals surface area contributed by atoms with Crippen molar-refractivity contribution >= 4 is 11.8 Å². The van der Waals surface area contributed by atoms with Crippen molar-refractivity contribution < 1.29 is 14.6 Å². The van der Waals surface area contributed by atoms with E-state index in [0.29, 0.717) is 5.69 Å². The number of aliphatic hydroxyl groups excluding tert-OH is 1. The maximum atomic E-state index is 11.7. The average molecular weight is 300 g/mol. The minimum Gasteiger partial charge on any atom is -0.444 e. The minimum atomic E-state index is -0.531. The van der Waals surface area contributed by atoms with Crippen LogP contribution >= 0.6 is 0 Å². The lowest BCUT2D eigenvalue weighted by atomic mass is 10.0. The number of carbonyl (C=O) groups excluding carboxylic acids is 1. The third kappa shape index (κ3) is 4.30. The van der Waals surface area contributed by atoms with Gasteiger partial charge in [0.15, 0.2) is 0 Å². The highest BCUT2D eigenvalue weighted by molar-refractivity contribution is 5.85. The van der Waals surface area contributed by atoms with E-state index in [1.165, 1.54) is 0 Å². The van der Waals surface area contributed by atoms with Crippen molar-refractivity contribution in [3.05, 3.63) is 48.3 Å². The predicted molar refractivity (Wildman–Crippen MR) is 85.5 cm³/mol. The number of aliphatic hydroxyl groups is 1. The number of amides is 1. The van der Waals surface area contributed by atoms with Crippen LogP contribution in [0.3, 0.4) is 0 Å². The second-order valence-electron chi connectivity index (χ2n) is 5.90. The number of rotatable bonds is 3. The first-order valence-corrected chi connectivity index (χ1v) is 7.03. The van der Waals surface area contributed by atoms with Gasteiger partial charge in [-0.2, -0.15) is 0 Å². The number of hydrogen-bond acceptors (Lipinski definition) is 4. The van der Waals surface area contributed by atoms with Crippen LogP contribution in [0.5, 0.6) is 0 Å². The molecule has 0 fully saturated rings. The molecular formula is C17H20N2O3. The fourth-order valence-corrected chi connectivity index (χ4v) is 1.99. The van der Waals surface area contributed by atoms with Gasteiger partial charge in [0.1, 0.15) is 5.60 Å². The first-order valence-electron chi connectivity index (χ1n) is 7.03. The van der Waals surface area contributed by atoms with Crippen LogP contribution < -0.4 is 5.32 Å². The maximum Gasteiger partial charge on any atom is 0.412 e. The third-order valence-electron chi connectivity index (χ3n) is 2.92. The Morgan fingerprint density at radius 2 is 1.91 bits per heavy atom. The van der Waals surface area contributed by atoms with E-state index >= 15 is 0 Å². The average Bonchev–Trinajstić information content (AvgIpc) is 2.46. The lowest BCUT2D eigenvalue weighted by molar-refractivity contribution is 0.0636. The molecule has 1 aromatic carbocycles. The molecule has 1 amide bonds. The van der Waals surface area contributed by atoms with Crippen molar-refractivity contribution in [3.63, 3.8) is 0 Å². The molecule has 1 heterocycles. The molecule has 22 heavy (non-hydrogen) atoms. The zero-order valence-corrected chi connectivity index (χ0v) is 13.0. The molecular weight excluding hydrogens is 280 g/mol. The molecule has 5 heteroatoms. The molecule has 2 aromatic rings. The predicted octanol–water partition coefficient (Wildman–Crippen LogP) is 3.59. The van der Waals surface area contributed by atoms with Crippen molar-refractivity contribution in [2.75, 3.05) is 5.32 Å². The summed E-state index contributed by atoms with van der Waals surface area (Å²) < 4.78 is 5.20. The summed E-state index contributed by atoms with van der Waals surface area (Å²) in [5.41, 5.74) is 2.74. The summed E-state index contributed by atoms with van der Waals surface area (Å²) in [6, 6.07) is 9.19. The molecule has 0 saturated carbocycles. The van der Waals surface area contributed by atoms with E-state index in [1.54, 1.807) is 24.5 Å². The van der Waals surface area contributed by atoms with E-state index in [2.05, 4.69) is 10.3 Å². The van der Waals surface area contributed by atoms with Gasteiger partial charge in [0.05, 0.1) is 6.61 Å². The van der Waals surface area contributed by atoms with Crippen molar-refractivity contribution in [1.82, 2.24) is 4.98 Å². The van der Waals surface area contributed by atoms with Gasteiger partial charge >= 0.3 is 6.09 Å². The van der Waals surface area contributed by atoms with Crippen LogP contribution in [-0.4, -0.2) is 21.8 Å². The monoisotopic (exact) mass is 300 g/mol. The molecule has 0 unspecified atom stereocenters. The number of hydrogen-bond donors (Lipinski definition) is 2. The number of pyridine rings is 1. The van der Waals surface area contributed by atoms with Crippen molar-refractivity contribution in [2.24, 2.45) is 0 Å². The molecule has 0 aliphatic rings. The number of benzene rings is 1. The Bertz CT molecular complexity index is 646. The van der Waals surface area contributed by atoms with Gasteiger partial charge in [-0.1, -0.05) is 12.1 Å². The van der Waals surface area contributed by atoms with Gasteiger partial charge in [0, 0.05) is 23.6 Å². The molecule has 0 aliphatic heterocycles. The van der Waals surface area contributed by atoms with Gasteiger partial charge < -0.3 is 9.84 Å². The minimum absolute atomic E-state index is 0.0684. The van der Waals surface area contributed by atoms with Gasteiger partial charge in [0.2, 0.25) is 0 Å². The summed E-state index contributed by atoms with van der Waals surface area (Å²) in [7, 11) is 0. The lowest BCUT2D eigenvalue weighted by Crippen LogP contribution is -2.27. The number of carbonyl (C=O) groups is 1. The standard InChI is InChI=1S/C17H20N2O3/c1-17(2,3)22-16(21)19-14-6-4-12(5-7-14)15-8-9-18-10-13(15)11-20/h4-10,20H,11H2,1-3H3,(H,19,21). The van der Waals surface area contributed by atoms with Crippen LogP contribution in [0.4, 0.5) is 10.5 Å². The Morgan fingerprint density at radius 3 is 2.50 bits per heavy atom. The van der Waals surface area contributed by atoms with Gasteiger partial charge in [-0.15, -0.1) is 0 Å². The fraction of sp³-hybridized carbons (Fsp3) is 0.294. The zero-order valence-electron chi connectivity index (χ0n) is 13.0. The Labute approximate surface area is 130 Å². The van der Waals surface area contributed by atoms with E-state index in [4.69, 9.17) is 4.74 Å². The summed E-state index contributed by atoms with van der Waals surface area (Å²) in [4.78, 5) is 15.7.